The van der Waals surface area contributed by atoms with Crippen molar-refractivity contribution in [3.63, 3.8) is 0 Å². The minimum atomic E-state index is 0. The number of hydrogen-bond acceptors (Lipinski definition) is 1. The second-order valence-electron chi connectivity index (χ2n) is 2.74. The Morgan fingerprint density at radius 3 is 1.60 bits per heavy atom. The van der Waals surface area contributed by atoms with Crippen LogP contribution < -0.4 is 12.4 Å². The molecule has 0 aliphatic rings. The molecule has 0 radical (unpaired) electrons. The van der Waals surface area contributed by atoms with Crippen LogP contribution in [0.2, 0.25) is 0 Å². The van der Waals surface area contributed by atoms with Crippen LogP contribution in [-0.4, -0.2) is 43.9 Å². The van der Waals surface area contributed by atoms with Gasteiger partial charge in [-0.25, -0.2) is 0 Å². The molecule has 0 aliphatic carbocycles. The van der Waals surface area contributed by atoms with Gasteiger partial charge in [-0.05, 0) is 0 Å². The first-order valence-electron chi connectivity index (χ1n) is 2.74. The van der Waals surface area contributed by atoms with Crippen LogP contribution >= 0.6 is 9.69 Å². The SMILES string of the molecule is C[N+](C)(C)CCO.[Cl-].[Cl][Zn]. The van der Waals surface area contributed by atoms with E-state index in [1.54, 1.807) is 0 Å². The Hall–Kier alpha value is 1.12. The molecule has 0 saturated heterocycles. The first-order chi connectivity index (χ1) is 4.06. The first-order valence-corrected chi connectivity index (χ1v) is 6.64. The van der Waals surface area contributed by atoms with E-state index in [9.17, 15) is 0 Å². The number of halogens is 2. The fourth-order valence-corrected chi connectivity index (χ4v) is 0.300. The molecule has 5 heteroatoms. The molecular formula is C5H14Cl2NOZn. The van der Waals surface area contributed by atoms with Gasteiger partial charge in [0.2, 0.25) is 0 Å². The van der Waals surface area contributed by atoms with Gasteiger partial charge in [0, 0.05) is 0 Å². The molecule has 0 amide bonds. The zero-order chi connectivity index (χ0) is 7.91. The minimum absolute atomic E-state index is 0. The zero-order valence-corrected chi connectivity index (χ0v) is 11.3. The Labute approximate surface area is 83.3 Å². The topological polar surface area (TPSA) is 20.2 Å². The van der Waals surface area contributed by atoms with Crippen LogP contribution in [0.4, 0.5) is 0 Å². The summed E-state index contributed by atoms with van der Waals surface area (Å²) in [5.41, 5.74) is 0. The van der Waals surface area contributed by atoms with Gasteiger partial charge >= 0.3 is 27.0 Å². The maximum absolute atomic E-state index is 8.39. The van der Waals surface area contributed by atoms with Gasteiger partial charge in [-0.3, -0.25) is 0 Å². The molecular weight excluding hydrogens is 226 g/mol. The van der Waals surface area contributed by atoms with Gasteiger partial charge in [0.1, 0.15) is 6.54 Å². The van der Waals surface area contributed by atoms with Crippen LogP contribution in [0.5, 0.6) is 0 Å². The van der Waals surface area contributed by atoms with Crippen molar-refractivity contribution >= 4 is 9.69 Å². The molecule has 0 atom stereocenters. The molecule has 0 aromatic heterocycles. The predicted molar refractivity (Wildman–Crippen MR) is 35.8 cm³/mol. The van der Waals surface area contributed by atoms with Gasteiger partial charge < -0.3 is 22.0 Å². The summed E-state index contributed by atoms with van der Waals surface area (Å²) in [5.74, 6) is 0. The second-order valence-corrected chi connectivity index (χ2v) is 2.74. The van der Waals surface area contributed by atoms with Crippen molar-refractivity contribution in [1.29, 1.82) is 0 Å². The molecule has 0 saturated carbocycles. The van der Waals surface area contributed by atoms with E-state index in [1.807, 2.05) is 0 Å². The van der Waals surface area contributed by atoms with E-state index in [1.165, 1.54) is 0 Å². The zero-order valence-electron chi connectivity index (χ0n) is 6.77. The molecule has 10 heavy (non-hydrogen) atoms. The molecule has 0 bridgehead atoms. The van der Waals surface area contributed by atoms with Gasteiger partial charge in [0.15, 0.2) is 0 Å². The summed E-state index contributed by atoms with van der Waals surface area (Å²) < 4.78 is 0.844. The third-order valence-corrected chi connectivity index (χ3v) is 0.771. The Morgan fingerprint density at radius 1 is 1.30 bits per heavy atom. The predicted octanol–water partition coefficient (Wildman–Crippen LogP) is -2.62. The number of nitrogens with zero attached hydrogens (tertiary/aromatic N) is 1. The van der Waals surface area contributed by atoms with Gasteiger partial charge in [-0.1, -0.05) is 0 Å². The average molecular weight is 240 g/mol. The molecule has 0 aliphatic heterocycles. The quantitative estimate of drug-likeness (QED) is 0.414. The standard InChI is InChI=1S/C5H14NO.2ClH.Zn/c1-6(2,3)4-5-7;;;/h7H,4-5H2,1-3H3;2*1H;/q+1;;;+1/p-2. The number of quaternary nitrogens is 1. The third-order valence-electron chi connectivity index (χ3n) is 0.771. The number of aliphatic hydroxyl groups excluding tert-OH is 1. The Bertz CT molecular complexity index is 58.1. The molecule has 1 N–H and O–H groups in total. The molecule has 0 heterocycles. The molecule has 0 rings (SSSR count). The van der Waals surface area contributed by atoms with Crippen LogP contribution in [-0.2, 0) is 17.3 Å². The van der Waals surface area contributed by atoms with Gasteiger partial charge in [0.25, 0.3) is 0 Å². The summed E-state index contributed by atoms with van der Waals surface area (Å²) in [6.45, 7) is 1.11. The Balaban J connectivity index is -0.000000149. The number of hydrogen-bond donors (Lipinski definition) is 1. The summed E-state index contributed by atoms with van der Waals surface area (Å²) in [6.07, 6.45) is 0. The molecule has 61 valence electrons. The fraction of sp³-hybridized carbons (Fsp3) is 1.00. The number of rotatable bonds is 2. The summed E-state index contributed by atoms with van der Waals surface area (Å²) >= 11 is 0.847. The maximum atomic E-state index is 8.39. The Morgan fingerprint density at radius 2 is 1.60 bits per heavy atom. The van der Waals surface area contributed by atoms with E-state index in [0.717, 1.165) is 28.3 Å². The van der Waals surface area contributed by atoms with Crippen molar-refractivity contribution in [1.82, 2.24) is 0 Å². The van der Waals surface area contributed by atoms with Crippen LogP contribution in [0.3, 0.4) is 0 Å². The average Bonchev–Trinajstić information content (AvgIpc) is 1.69. The van der Waals surface area contributed by atoms with Crippen molar-refractivity contribution < 1.29 is 39.3 Å². The summed E-state index contributed by atoms with van der Waals surface area (Å²) in [7, 11) is 10.9. The first kappa shape index (κ1) is 17.3. The van der Waals surface area contributed by atoms with E-state index in [2.05, 4.69) is 21.1 Å². The fourth-order valence-electron chi connectivity index (χ4n) is 0.300. The second kappa shape index (κ2) is 10.1. The normalized spacial score (nSPS) is 9.10. The summed E-state index contributed by atoms with van der Waals surface area (Å²) in [4.78, 5) is 0. The van der Waals surface area contributed by atoms with Crippen LogP contribution in [0.15, 0.2) is 0 Å². The molecule has 0 aromatic rings. The number of aliphatic hydroxyl groups is 1. The van der Waals surface area contributed by atoms with Gasteiger partial charge in [-0.2, -0.15) is 0 Å². The molecule has 0 spiro atoms. The summed E-state index contributed by atoms with van der Waals surface area (Å²) in [5, 5.41) is 8.39. The van der Waals surface area contributed by atoms with E-state index in [0.29, 0.717) is 0 Å². The van der Waals surface area contributed by atoms with E-state index < -0.39 is 0 Å². The Kier molecular flexibility index (Phi) is 17.5. The molecule has 0 fully saturated rings. The molecule has 0 aromatic carbocycles. The van der Waals surface area contributed by atoms with Crippen molar-refractivity contribution in [3.8, 4) is 0 Å². The van der Waals surface area contributed by atoms with E-state index >= 15 is 0 Å². The number of likely N-dealkylation sites (N-methyl/N-ethyl adjacent to an activating group) is 1. The van der Waals surface area contributed by atoms with Crippen molar-refractivity contribution in [2.75, 3.05) is 34.3 Å². The van der Waals surface area contributed by atoms with Crippen molar-refractivity contribution in [2.45, 2.75) is 0 Å². The van der Waals surface area contributed by atoms with Gasteiger partial charge in [-0.15, -0.1) is 0 Å². The van der Waals surface area contributed by atoms with E-state index in [4.69, 9.17) is 14.8 Å². The van der Waals surface area contributed by atoms with Crippen molar-refractivity contribution in [2.24, 2.45) is 0 Å². The van der Waals surface area contributed by atoms with Crippen LogP contribution in [0.1, 0.15) is 0 Å². The third kappa shape index (κ3) is 22.9. The monoisotopic (exact) mass is 238 g/mol. The van der Waals surface area contributed by atoms with Crippen LogP contribution in [0, 0.1) is 0 Å². The van der Waals surface area contributed by atoms with E-state index in [-0.39, 0.29) is 19.0 Å². The van der Waals surface area contributed by atoms with Crippen LogP contribution in [0.25, 0.3) is 0 Å². The van der Waals surface area contributed by atoms with Gasteiger partial charge in [0.05, 0.1) is 27.7 Å². The molecule has 0 unspecified atom stereocenters. The molecule has 2 nitrogen and oxygen atoms in total. The summed E-state index contributed by atoms with van der Waals surface area (Å²) in [6, 6.07) is 0. The van der Waals surface area contributed by atoms with Crippen molar-refractivity contribution in [3.05, 3.63) is 0 Å².